The van der Waals surface area contributed by atoms with Crippen molar-refractivity contribution in [3.63, 3.8) is 0 Å². The van der Waals surface area contributed by atoms with Crippen LogP contribution in [0.4, 0.5) is 0 Å². The van der Waals surface area contributed by atoms with Crippen LogP contribution in [0.15, 0.2) is 29.0 Å². The topological polar surface area (TPSA) is 64.2 Å². The van der Waals surface area contributed by atoms with Crippen molar-refractivity contribution in [2.75, 3.05) is 7.05 Å². The van der Waals surface area contributed by atoms with Crippen molar-refractivity contribution < 1.29 is 9.32 Å². The maximum atomic E-state index is 12.5. The molecule has 112 valence electrons. The molecule has 2 heterocycles. The smallest absolute Gasteiger partial charge is 0.247 e. The minimum absolute atomic E-state index is 0.0390. The van der Waals surface area contributed by atoms with Crippen LogP contribution in [0.2, 0.25) is 0 Å². The molecule has 21 heavy (non-hydrogen) atoms. The Bertz CT molecular complexity index is 601. The summed E-state index contributed by atoms with van der Waals surface area (Å²) < 4.78 is 7.03. The third kappa shape index (κ3) is 2.99. The molecule has 2 aromatic rings. The molecule has 0 aromatic carbocycles. The Balaban J connectivity index is 1.65. The van der Waals surface area contributed by atoms with Gasteiger partial charge in [0.2, 0.25) is 5.91 Å². The zero-order valence-electron chi connectivity index (χ0n) is 12.4. The molecule has 0 unspecified atom stereocenters. The van der Waals surface area contributed by atoms with E-state index in [0.717, 1.165) is 11.5 Å². The zero-order valence-corrected chi connectivity index (χ0v) is 12.4. The van der Waals surface area contributed by atoms with Gasteiger partial charge >= 0.3 is 0 Å². The van der Waals surface area contributed by atoms with Crippen molar-refractivity contribution in [1.82, 2.24) is 19.8 Å². The Morgan fingerprint density at radius 2 is 2.38 bits per heavy atom. The maximum Gasteiger partial charge on any atom is 0.247 e. The van der Waals surface area contributed by atoms with Crippen LogP contribution >= 0.6 is 0 Å². The number of hydrogen-bond acceptors (Lipinski definition) is 4. The molecule has 1 aliphatic carbocycles. The van der Waals surface area contributed by atoms with E-state index in [4.69, 9.17) is 4.52 Å². The van der Waals surface area contributed by atoms with Crippen LogP contribution in [0.3, 0.4) is 0 Å². The summed E-state index contributed by atoms with van der Waals surface area (Å²) in [5, 5.41) is 8.22. The first kappa shape index (κ1) is 13.9. The molecule has 1 amide bonds. The second-order valence-corrected chi connectivity index (χ2v) is 5.60. The Labute approximate surface area is 123 Å². The maximum absolute atomic E-state index is 12.5. The van der Waals surface area contributed by atoms with Crippen molar-refractivity contribution in [2.45, 2.75) is 44.7 Å². The molecule has 0 aliphatic heterocycles. The lowest BCUT2D eigenvalue weighted by Gasteiger charge is -2.22. The zero-order chi connectivity index (χ0) is 14.8. The fourth-order valence-corrected chi connectivity index (χ4v) is 2.48. The van der Waals surface area contributed by atoms with Gasteiger partial charge in [0.15, 0.2) is 0 Å². The monoisotopic (exact) mass is 288 g/mol. The number of amides is 1. The quantitative estimate of drug-likeness (QED) is 0.818. The van der Waals surface area contributed by atoms with E-state index in [-0.39, 0.29) is 11.9 Å². The molecule has 1 saturated carbocycles. The number of nitrogens with zero attached hydrogens (tertiary/aromatic N) is 4. The normalized spacial score (nSPS) is 15.9. The highest BCUT2D eigenvalue weighted by Gasteiger charge is 2.28. The molecule has 2 aromatic heterocycles. The van der Waals surface area contributed by atoms with E-state index in [9.17, 15) is 4.79 Å². The van der Waals surface area contributed by atoms with E-state index in [2.05, 4.69) is 10.3 Å². The van der Waals surface area contributed by atoms with Crippen molar-refractivity contribution in [3.05, 3.63) is 36.0 Å². The molecule has 0 saturated heterocycles. The van der Waals surface area contributed by atoms with Gasteiger partial charge in [-0.2, -0.15) is 5.10 Å². The number of likely N-dealkylation sites (N-methyl/N-ethyl adjacent to an activating group) is 1. The van der Waals surface area contributed by atoms with Crippen LogP contribution in [0.1, 0.15) is 49.6 Å². The highest BCUT2D eigenvalue weighted by Crippen LogP contribution is 2.40. The first-order valence-corrected chi connectivity index (χ1v) is 7.38. The molecule has 0 spiro atoms. The summed E-state index contributed by atoms with van der Waals surface area (Å²) >= 11 is 0. The third-order valence-corrected chi connectivity index (χ3v) is 3.85. The van der Waals surface area contributed by atoms with E-state index in [1.54, 1.807) is 22.8 Å². The van der Waals surface area contributed by atoms with Crippen LogP contribution in [-0.2, 0) is 11.3 Å². The van der Waals surface area contributed by atoms with Crippen LogP contribution in [0.25, 0.3) is 0 Å². The van der Waals surface area contributed by atoms with Gasteiger partial charge in [0, 0.05) is 31.4 Å². The summed E-state index contributed by atoms with van der Waals surface area (Å²) in [6.45, 7) is 2.45. The van der Waals surface area contributed by atoms with Gasteiger partial charge in [0.25, 0.3) is 0 Å². The average Bonchev–Trinajstić information content (AvgIpc) is 3.00. The van der Waals surface area contributed by atoms with E-state index < -0.39 is 0 Å². The molecule has 0 radical (unpaired) electrons. The lowest BCUT2D eigenvalue weighted by molar-refractivity contribution is -0.134. The molecule has 1 atom stereocenters. The Morgan fingerprint density at radius 3 is 3.00 bits per heavy atom. The van der Waals surface area contributed by atoms with E-state index in [0.29, 0.717) is 18.9 Å². The Kier molecular flexibility index (Phi) is 3.77. The van der Waals surface area contributed by atoms with Crippen molar-refractivity contribution >= 4 is 5.91 Å². The summed E-state index contributed by atoms with van der Waals surface area (Å²) in [6, 6.07) is 3.53. The van der Waals surface area contributed by atoms with Gasteiger partial charge in [-0.1, -0.05) is 12.1 Å². The summed E-state index contributed by atoms with van der Waals surface area (Å²) in [7, 11) is 1.79. The molecule has 1 aliphatic rings. The first-order chi connectivity index (χ1) is 10.2. The van der Waals surface area contributed by atoms with Gasteiger partial charge in [-0.05, 0) is 25.3 Å². The summed E-state index contributed by atoms with van der Waals surface area (Å²) in [5.41, 5.74) is 0.808. The molecule has 0 bridgehead atoms. The molecule has 0 N–H and O–H groups in total. The molecular weight excluding hydrogens is 268 g/mol. The van der Waals surface area contributed by atoms with E-state index >= 15 is 0 Å². The van der Waals surface area contributed by atoms with Crippen molar-refractivity contribution in [3.8, 4) is 0 Å². The summed E-state index contributed by atoms with van der Waals surface area (Å²) in [5.74, 6) is 1.53. The number of aromatic nitrogens is 3. The molecule has 6 heteroatoms. The van der Waals surface area contributed by atoms with E-state index in [1.807, 2.05) is 25.3 Å². The van der Waals surface area contributed by atoms with Crippen LogP contribution in [-0.4, -0.2) is 32.8 Å². The molecule has 6 nitrogen and oxygen atoms in total. The minimum Gasteiger partial charge on any atom is -0.361 e. The predicted octanol–water partition coefficient (Wildman–Crippen LogP) is 2.36. The second kappa shape index (κ2) is 5.71. The van der Waals surface area contributed by atoms with Crippen LogP contribution in [0, 0.1) is 0 Å². The molecule has 3 rings (SSSR count). The largest absolute Gasteiger partial charge is 0.361 e. The van der Waals surface area contributed by atoms with Gasteiger partial charge in [0.05, 0.1) is 6.54 Å². The third-order valence-electron chi connectivity index (χ3n) is 3.85. The van der Waals surface area contributed by atoms with Gasteiger partial charge in [0.1, 0.15) is 17.5 Å². The van der Waals surface area contributed by atoms with Gasteiger partial charge in [-0.3, -0.25) is 9.48 Å². The lowest BCUT2D eigenvalue weighted by Crippen LogP contribution is -2.34. The Hall–Kier alpha value is -2.11. The van der Waals surface area contributed by atoms with Crippen LogP contribution < -0.4 is 0 Å². The fourth-order valence-electron chi connectivity index (χ4n) is 2.48. The van der Waals surface area contributed by atoms with Gasteiger partial charge in [-0.15, -0.1) is 0 Å². The van der Waals surface area contributed by atoms with Crippen molar-refractivity contribution in [2.24, 2.45) is 0 Å². The lowest BCUT2D eigenvalue weighted by atomic mass is 10.2. The SMILES string of the molecule is CC[C@H](C(=O)N(C)Cc1cc(C2CC2)on1)n1cccn1. The van der Waals surface area contributed by atoms with Crippen LogP contribution in [0.5, 0.6) is 0 Å². The van der Waals surface area contributed by atoms with E-state index in [1.165, 1.54) is 12.8 Å². The molecule has 1 fully saturated rings. The number of hydrogen-bond donors (Lipinski definition) is 0. The standard InChI is InChI=1S/C15H20N4O2/c1-3-13(19-8-4-7-16-19)15(20)18(2)10-12-9-14(21-17-12)11-5-6-11/h4,7-9,11,13H,3,5-6,10H2,1-2H3/t13-/m1/s1. The second-order valence-electron chi connectivity index (χ2n) is 5.60. The Morgan fingerprint density at radius 1 is 1.57 bits per heavy atom. The van der Waals surface area contributed by atoms with Crippen molar-refractivity contribution in [1.29, 1.82) is 0 Å². The predicted molar refractivity (Wildman–Crippen MR) is 76.5 cm³/mol. The molecular formula is C15H20N4O2. The number of carbonyl (C=O) groups is 1. The highest BCUT2D eigenvalue weighted by molar-refractivity contribution is 5.80. The minimum atomic E-state index is -0.264. The number of carbonyl (C=O) groups excluding carboxylic acids is 1. The highest BCUT2D eigenvalue weighted by atomic mass is 16.5. The average molecular weight is 288 g/mol. The number of rotatable bonds is 6. The first-order valence-electron chi connectivity index (χ1n) is 7.38. The summed E-state index contributed by atoms with van der Waals surface area (Å²) in [4.78, 5) is 14.2. The van der Waals surface area contributed by atoms with Gasteiger partial charge in [-0.25, -0.2) is 0 Å². The fraction of sp³-hybridized carbons (Fsp3) is 0.533. The van der Waals surface area contributed by atoms with Gasteiger partial charge < -0.3 is 9.42 Å². The summed E-state index contributed by atoms with van der Waals surface area (Å²) in [6.07, 6.45) is 6.58.